The Morgan fingerprint density at radius 1 is 1.24 bits per heavy atom. The number of nitrogens with two attached hydrogens (primary N) is 1. The smallest absolute Gasteiger partial charge is 0.141 e. The lowest BCUT2D eigenvalue weighted by molar-refractivity contribution is 1.17. The van der Waals surface area contributed by atoms with Crippen LogP contribution >= 0.6 is 22.7 Å². The summed E-state index contributed by atoms with van der Waals surface area (Å²) in [7, 11) is 0. The Morgan fingerprint density at radius 2 is 2.12 bits per heavy atom. The lowest BCUT2D eigenvalue weighted by Crippen LogP contribution is -2.04. The van der Waals surface area contributed by atoms with E-state index in [1.807, 2.05) is 53.4 Å². The summed E-state index contributed by atoms with van der Waals surface area (Å²) in [5.41, 5.74) is 9.64. The van der Waals surface area contributed by atoms with Gasteiger partial charge in [0.05, 0.1) is 16.8 Å². The summed E-state index contributed by atoms with van der Waals surface area (Å²) in [5, 5.41) is 11.4. The van der Waals surface area contributed by atoms with Gasteiger partial charge in [0.15, 0.2) is 0 Å². The van der Waals surface area contributed by atoms with E-state index in [-0.39, 0.29) is 0 Å². The molecule has 0 saturated heterocycles. The van der Waals surface area contributed by atoms with Gasteiger partial charge in [0.25, 0.3) is 0 Å². The van der Waals surface area contributed by atoms with E-state index in [1.165, 1.54) is 11.1 Å². The molecule has 0 bridgehead atoms. The molecule has 4 rings (SSSR count). The van der Waals surface area contributed by atoms with E-state index in [0.29, 0.717) is 11.3 Å². The maximum absolute atomic E-state index is 8.53. The van der Waals surface area contributed by atoms with Crippen LogP contribution in [-0.4, -0.2) is 20.1 Å². The molecular formula is C18H15N5S2. The van der Waals surface area contributed by atoms with Crippen molar-refractivity contribution in [3.8, 4) is 10.7 Å². The van der Waals surface area contributed by atoms with Crippen LogP contribution in [0.25, 0.3) is 21.9 Å². The molecule has 124 valence electrons. The highest BCUT2D eigenvalue weighted by Gasteiger charge is 2.15. The zero-order valence-electron chi connectivity index (χ0n) is 13.4. The van der Waals surface area contributed by atoms with Gasteiger partial charge < -0.3 is 5.73 Å². The summed E-state index contributed by atoms with van der Waals surface area (Å²) in [6.07, 6.45) is 7.06. The van der Waals surface area contributed by atoms with E-state index < -0.39 is 0 Å². The third kappa shape index (κ3) is 2.77. The Bertz CT molecular complexity index is 1090. The van der Waals surface area contributed by atoms with Crippen molar-refractivity contribution in [2.75, 3.05) is 0 Å². The van der Waals surface area contributed by atoms with Crippen molar-refractivity contribution in [3.05, 3.63) is 69.8 Å². The molecule has 5 nitrogen and oxygen atoms in total. The fourth-order valence-corrected chi connectivity index (χ4v) is 4.15. The first-order chi connectivity index (χ1) is 12.2. The van der Waals surface area contributed by atoms with E-state index >= 15 is 0 Å². The Kier molecular flexibility index (Phi) is 3.95. The van der Waals surface area contributed by atoms with Gasteiger partial charge in [-0.2, -0.15) is 0 Å². The summed E-state index contributed by atoms with van der Waals surface area (Å²) in [5.74, 6) is 0. The molecule has 4 aromatic heterocycles. The zero-order valence-corrected chi connectivity index (χ0v) is 15.1. The molecule has 4 heterocycles. The van der Waals surface area contributed by atoms with Crippen molar-refractivity contribution in [3.63, 3.8) is 0 Å². The Labute approximate surface area is 152 Å². The van der Waals surface area contributed by atoms with Crippen LogP contribution in [0.5, 0.6) is 0 Å². The molecule has 0 unspecified atom stereocenters. The van der Waals surface area contributed by atoms with Crippen molar-refractivity contribution >= 4 is 39.6 Å². The predicted octanol–water partition coefficient (Wildman–Crippen LogP) is 4.20. The first-order valence-electron chi connectivity index (χ1n) is 7.62. The van der Waals surface area contributed by atoms with Crippen LogP contribution in [0.1, 0.15) is 15.3 Å². The van der Waals surface area contributed by atoms with Crippen LogP contribution in [0.15, 0.2) is 54.4 Å². The Hall–Kier alpha value is -2.77. The quantitative estimate of drug-likeness (QED) is 0.532. The highest BCUT2D eigenvalue weighted by atomic mass is 32.1. The number of allylic oxidation sites excluding steroid dienone is 1. The molecule has 3 N–H and O–H groups in total. The summed E-state index contributed by atoms with van der Waals surface area (Å²) < 4.78 is 1.99. The molecule has 0 aliphatic carbocycles. The molecule has 0 aliphatic heterocycles. The maximum Gasteiger partial charge on any atom is 0.141 e. The number of rotatable bonds is 4. The highest BCUT2D eigenvalue weighted by molar-refractivity contribution is 7.14. The molecule has 7 heteroatoms. The fourth-order valence-electron chi connectivity index (χ4n) is 2.67. The number of nitrogens with zero attached hydrogens (tertiary/aromatic N) is 3. The van der Waals surface area contributed by atoms with Crippen molar-refractivity contribution in [1.82, 2.24) is 14.4 Å². The normalized spacial score (nSPS) is 12.0. The van der Waals surface area contributed by atoms with Crippen molar-refractivity contribution in [1.29, 1.82) is 5.41 Å². The summed E-state index contributed by atoms with van der Waals surface area (Å²) >= 11 is 3.16. The molecule has 25 heavy (non-hydrogen) atoms. The van der Waals surface area contributed by atoms with Crippen LogP contribution < -0.4 is 5.73 Å². The van der Waals surface area contributed by atoms with Crippen LogP contribution in [0.4, 0.5) is 0 Å². The van der Waals surface area contributed by atoms with Gasteiger partial charge in [-0.3, -0.25) is 9.81 Å². The van der Waals surface area contributed by atoms with E-state index in [4.69, 9.17) is 11.1 Å². The third-order valence-electron chi connectivity index (χ3n) is 3.89. The van der Waals surface area contributed by atoms with Gasteiger partial charge >= 0.3 is 0 Å². The number of hydrogen-bond donors (Lipinski definition) is 2. The number of aryl methyl sites for hydroxylation is 1. The number of hydrogen-bond acceptors (Lipinski definition) is 6. The molecule has 0 aliphatic rings. The standard InChI is InChI=1S/C18H15N5S2/c1-11-2-4-15(25-11)17(20)13(8-19)12-3-5-16-22-9-14(23(16)10-12)18-21-6-7-24-18/h2-10,20H,19H2,1H3/b13-8-,20-17?. The molecule has 0 saturated carbocycles. The van der Waals surface area contributed by atoms with Crippen LogP contribution in [0, 0.1) is 12.3 Å². The van der Waals surface area contributed by atoms with Crippen molar-refractivity contribution < 1.29 is 0 Å². The number of thiazole rings is 1. The number of aromatic nitrogens is 3. The average Bonchev–Trinajstić information content (AvgIpc) is 3.34. The monoisotopic (exact) mass is 365 g/mol. The van der Waals surface area contributed by atoms with Gasteiger partial charge in [-0.15, -0.1) is 22.7 Å². The Balaban J connectivity index is 1.80. The molecule has 0 fully saturated rings. The molecule has 4 aromatic rings. The summed E-state index contributed by atoms with van der Waals surface area (Å²) in [6, 6.07) is 7.86. The van der Waals surface area contributed by atoms with E-state index in [0.717, 1.165) is 26.8 Å². The minimum absolute atomic E-state index is 0.427. The summed E-state index contributed by atoms with van der Waals surface area (Å²) in [6.45, 7) is 2.03. The minimum Gasteiger partial charge on any atom is -0.404 e. The van der Waals surface area contributed by atoms with Gasteiger partial charge in [-0.1, -0.05) is 0 Å². The number of fused-ring (bicyclic) bond motifs is 1. The topological polar surface area (TPSA) is 80.1 Å². The first-order valence-corrected chi connectivity index (χ1v) is 9.32. The lowest BCUT2D eigenvalue weighted by Gasteiger charge is -2.09. The second-order valence-corrected chi connectivity index (χ2v) is 7.67. The molecule has 0 aromatic carbocycles. The van der Waals surface area contributed by atoms with Gasteiger partial charge in [-0.25, -0.2) is 9.97 Å². The molecule has 0 atom stereocenters. The molecular weight excluding hydrogens is 350 g/mol. The average molecular weight is 365 g/mol. The van der Waals surface area contributed by atoms with Gasteiger partial charge in [0.1, 0.15) is 16.3 Å². The van der Waals surface area contributed by atoms with Gasteiger partial charge in [-0.05, 0) is 31.2 Å². The van der Waals surface area contributed by atoms with Crippen molar-refractivity contribution in [2.45, 2.75) is 6.92 Å². The SMILES string of the molecule is Cc1ccc(C(=N)/C(=C\N)c2ccc3ncc(-c4nccs4)n3c2)s1. The second kappa shape index (κ2) is 6.27. The van der Waals surface area contributed by atoms with E-state index in [1.54, 1.807) is 28.9 Å². The van der Waals surface area contributed by atoms with E-state index in [9.17, 15) is 0 Å². The summed E-state index contributed by atoms with van der Waals surface area (Å²) in [4.78, 5) is 10.9. The number of nitrogens with one attached hydrogen (secondary N) is 1. The maximum atomic E-state index is 8.53. The predicted molar refractivity (Wildman–Crippen MR) is 104 cm³/mol. The first kappa shape index (κ1) is 15.7. The molecule has 0 radical (unpaired) electrons. The van der Waals surface area contributed by atoms with E-state index in [2.05, 4.69) is 9.97 Å². The minimum atomic E-state index is 0.427. The number of imidazole rings is 1. The fraction of sp³-hybridized carbons (Fsp3) is 0.0556. The zero-order chi connectivity index (χ0) is 17.4. The lowest BCUT2D eigenvalue weighted by atomic mass is 10.0. The highest BCUT2D eigenvalue weighted by Crippen LogP contribution is 2.27. The Morgan fingerprint density at radius 3 is 2.80 bits per heavy atom. The van der Waals surface area contributed by atoms with Crippen LogP contribution in [-0.2, 0) is 0 Å². The third-order valence-corrected chi connectivity index (χ3v) is 5.70. The van der Waals surface area contributed by atoms with Gasteiger partial charge in [0.2, 0.25) is 0 Å². The number of pyridine rings is 1. The molecule has 0 amide bonds. The molecule has 0 spiro atoms. The van der Waals surface area contributed by atoms with Crippen molar-refractivity contribution in [2.24, 2.45) is 5.73 Å². The second-order valence-electron chi connectivity index (χ2n) is 5.49. The number of thiophene rings is 1. The van der Waals surface area contributed by atoms with Crippen LogP contribution in [0.3, 0.4) is 0 Å². The van der Waals surface area contributed by atoms with Crippen LogP contribution in [0.2, 0.25) is 0 Å². The van der Waals surface area contributed by atoms with Gasteiger partial charge in [0, 0.05) is 40.0 Å². The largest absolute Gasteiger partial charge is 0.404 e.